The zero-order chi connectivity index (χ0) is 21.7. The third-order valence-electron chi connectivity index (χ3n) is 5.29. The molecular formula is C23H43CaNO5. The molecule has 0 bridgehead atoms. The molecule has 0 saturated carbocycles. The average Bonchev–Trinajstić information content (AvgIpc) is 2.67. The van der Waals surface area contributed by atoms with Crippen LogP contribution in [0.3, 0.4) is 0 Å². The van der Waals surface area contributed by atoms with Gasteiger partial charge in [0.2, 0.25) is 5.91 Å². The second kappa shape index (κ2) is 23.3. The number of carbonyl (C=O) groups is 3. The van der Waals surface area contributed by atoms with Gasteiger partial charge >= 0.3 is 11.9 Å². The quantitative estimate of drug-likeness (QED) is 0.162. The Balaban J connectivity index is 0. The summed E-state index contributed by atoms with van der Waals surface area (Å²) in [4.78, 5) is 33.4. The van der Waals surface area contributed by atoms with Crippen LogP contribution < -0.4 is 5.32 Å². The number of rotatable bonds is 21. The molecule has 0 saturated heterocycles. The van der Waals surface area contributed by atoms with Gasteiger partial charge in [0.15, 0.2) is 0 Å². The van der Waals surface area contributed by atoms with Gasteiger partial charge in [-0.15, -0.1) is 0 Å². The van der Waals surface area contributed by atoms with Gasteiger partial charge in [-0.2, -0.15) is 0 Å². The third kappa shape index (κ3) is 22.4. The van der Waals surface area contributed by atoms with Crippen molar-refractivity contribution in [3.63, 3.8) is 0 Å². The van der Waals surface area contributed by atoms with Crippen molar-refractivity contribution < 1.29 is 24.6 Å². The number of aliphatic carboxylic acids is 2. The minimum atomic E-state index is -1.18. The molecule has 1 atom stereocenters. The molecule has 172 valence electrons. The molecule has 0 heterocycles. The third-order valence-corrected chi connectivity index (χ3v) is 5.29. The second-order valence-electron chi connectivity index (χ2n) is 8.09. The number of hydrogen-bond acceptors (Lipinski definition) is 3. The van der Waals surface area contributed by atoms with Gasteiger partial charge in [-0.3, -0.25) is 9.59 Å². The molecule has 0 aliphatic heterocycles. The maximum absolute atomic E-state index is 11.8. The predicted octanol–water partition coefficient (Wildman–Crippen LogP) is 5.30. The van der Waals surface area contributed by atoms with E-state index in [1.807, 2.05) is 0 Å². The molecule has 1 amide bonds. The van der Waals surface area contributed by atoms with Crippen molar-refractivity contribution in [2.75, 3.05) is 0 Å². The Morgan fingerprint density at radius 3 is 1.43 bits per heavy atom. The fourth-order valence-corrected chi connectivity index (χ4v) is 3.45. The molecule has 7 heteroatoms. The van der Waals surface area contributed by atoms with Crippen molar-refractivity contribution in [3.05, 3.63) is 0 Å². The van der Waals surface area contributed by atoms with Gasteiger partial charge in [0.05, 0.1) is 0 Å². The number of nitrogens with one attached hydrogen (secondary N) is 1. The van der Waals surface area contributed by atoms with E-state index >= 15 is 0 Å². The Bertz CT molecular complexity index is 445. The van der Waals surface area contributed by atoms with Crippen LogP contribution in [0.1, 0.15) is 122 Å². The Morgan fingerprint density at radius 2 is 1.07 bits per heavy atom. The van der Waals surface area contributed by atoms with Crippen LogP contribution in [0.2, 0.25) is 0 Å². The molecule has 3 N–H and O–H groups in total. The van der Waals surface area contributed by atoms with Crippen LogP contribution in [0.4, 0.5) is 0 Å². The summed E-state index contributed by atoms with van der Waals surface area (Å²) in [5, 5.41) is 20.1. The number of hydrogen-bond donors (Lipinski definition) is 3. The summed E-state index contributed by atoms with van der Waals surface area (Å²) in [7, 11) is 0. The monoisotopic (exact) mass is 453 g/mol. The summed E-state index contributed by atoms with van der Waals surface area (Å²) in [6, 6.07) is -1.12. The SMILES string of the molecule is CCCCCCCCCCCCCCCCCC(=O)N[C@@H](CCC(=O)O)C(=O)O.[Ca]. The van der Waals surface area contributed by atoms with E-state index in [0.29, 0.717) is 6.42 Å². The number of unbranched alkanes of at least 4 members (excludes halogenated alkanes) is 14. The maximum atomic E-state index is 11.8. The number of carboxylic acid groups (broad SMARTS) is 2. The van der Waals surface area contributed by atoms with Crippen molar-refractivity contribution in [1.82, 2.24) is 5.32 Å². The summed E-state index contributed by atoms with van der Waals surface area (Å²) in [5.41, 5.74) is 0. The first-order chi connectivity index (χ1) is 14.0. The molecule has 0 aliphatic carbocycles. The first kappa shape index (κ1) is 31.9. The molecule has 0 aromatic heterocycles. The number of carbonyl (C=O) groups excluding carboxylic acids is 1. The van der Waals surface area contributed by atoms with Crippen LogP contribution in [-0.2, 0) is 14.4 Å². The molecule has 0 unspecified atom stereocenters. The Labute approximate surface area is 213 Å². The molecule has 0 aliphatic rings. The van der Waals surface area contributed by atoms with Gasteiger partial charge in [0, 0.05) is 50.6 Å². The van der Waals surface area contributed by atoms with Crippen LogP contribution in [-0.4, -0.2) is 71.8 Å². The van der Waals surface area contributed by atoms with E-state index in [1.165, 1.54) is 77.0 Å². The van der Waals surface area contributed by atoms with Gasteiger partial charge in [0.1, 0.15) is 6.04 Å². The molecule has 6 nitrogen and oxygen atoms in total. The van der Waals surface area contributed by atoms with E-state index in [2.05, 4.69) is 12.2 Å². The predicted molar refractivity (Wildman–Crippen MR) is 122 cm³/mol. The van der Waals surface area contributed by atoms with E-state index in [-0.39, 0.29) is 56.5 Å². The molecular weight excluding hydrogens is 410 g/mol. The first-order valence-electron chi connectivity index (χ1n) is 11.7. The van der Waals surface area contributed by atoms with E-state index in [4.69, 9.17) is 10.2 Å². The Morgan fingerprint density at radius 1 is 0.667 bits per heavy atom. The summed E-state index contributed by atoms with van der Waals surface area (Å²) < 4.78 is 0. The zero-order valence-electron chi connectivity index (χ0n) is 19.1. The zero-order valence-corrected chi connectivity index (χ0v) is 21.3. The molecule has 0 fully saturated rings. The summed E-state index contributed by atoms with van der Waals surface area (Å²) in [6.07, 6.45) is 18.8. The number of amides is 1. The van der Waals surface area contributed by atoms with Crippen molar-refractivity contribution in [2.45, 2.75) is 129 Å². The van der Waals surface area contributed by atoms with E-state index in [0.717, 1.165) is 19.3 Å². The Hall–Kier alpha value is -0.330. The standard InChI is InChI=1S/C23H43NO5.Ca/c1-2-3-4-5-6-7-8-9-10-11-12-13-14-15-16-17-21(25)24-20(23(28)29)18-19-22(26)27;/h20H,2-19H2,1H3,(H,24,25)(H,26,27)(H,28,29);/t20-;/m0./s1. The minimum absolute atomic E-state index is 0. The fraction of sp³-hybridized carbons (Fsp3) is 0.870. The van der Waals surface area contributed by atoms with Gasteiger partial charge in [-0.1, -0.05) is 96.8 Å². The van der Waals surface area contributed by atoms with Crippen LogP contribution in [0.5, 0.6) is 0 Å². The molecule has 0 aromatic carbocycles. The van der Waals surface area contributed by atoms with E-state index in [1.54, 1.807) is 0 Å². The van der Waals surface area contributed by atoms with E-state index < -0.39 is 18.0 Å². The summed E-state index contributed by atoms with van der Waals surface area (Å²) in [6.45, 7) is 2.25. The molecule has 2 radical (unpaired) electrons. The molecule has 30 heavy (non-hydrogen) atoms. The molecule has 0 rings (SSSR count). The van der Waals surface area contributed by atoms with Gasteiger partial charge in [-0.05, 0) is 12.8 Å². The smallest absolute Gasteiger partial charge is 0.326 e. The summed E-state index contributed by atoms with van der Waals surface area (Å²) in [5.74, 6) is -2.55. The second-order valence-corrected chi connectivity index (χ2v) is 8.09. The van der Waals surface area contributed by atoms with Gasteiger partial charge < -0.3 is 15.5 Å². The number of carboxylic acids is 2. The van der Waals surface area contributed by atoms with Gasteiger partial charge in [-0.25, -0.2) is 4.79 Å². The van der Waals surface area contributed by atoms with Crippen molar-refractivity contribution >= 4 is 55.6 Å². The van der Waals surface area contributed by atoms with E-state index in [9.17, 15) is 14.4 Å². The van der Waals surface area contributed by atoms with Crippen LogP contribution >= 0.6 is 0 Å². The van der Waals surface area contributed by atoms with Crippen molar-refractivity contribution in [3.8, 4) is 0 Å². The first-order valence-corrected chi connectivity index (χ1v) is 11.7. The van der Waals surface area contributed by atoms with Crippen molar-refractivity contribution in [1.29, 1.82) is 0 Å². The van der Waals surface area contributed by atoms with Gasteiger partial charge in [0.25, 0.3) is 0 Å². The normalized spacial score (nSPS) is 11.5. The molecule has 0 aromatic rings. The van der Waals surface area contributed by atoms with Crippen LogP contribution in [0, 0.1) is 0 Å². The minimum Gasteiger partial charge on any atom is -0.481 e. The van der Waals surface area contributed by atoms with Crippen molar-refractivity contribution in [2.24, 2.45) is 0 Å². The molecule has 0 spiro atoms. The Kier molecular flexibility index (Phi) is 24.8. The van der Waals surface area contributed by atoms with Crippen LogP contribution in [0.15, 0.2) is 0 Å². The average molecular weight is 454 g/mol. The topological polar surface area (TPSA) is 104 Å². The summed E-state index contributed by atoms with van der Waals surface area (Å²) >= 11 is 0. The van der Waals surface area contributed by atoms with Crippen LogP contribution in [0.25, 0.3) is 0 Å². The largest absolute Gasteiger partial charge is 0.481 e. The maximum Gasteiger partial charge on any atom is 0.326 e. The fourth-order valence-electron chi connectivity index (χ4n) is 3.45.